The number of ether oxygens (including phenoxy) is 1. The molecule has 0 bridgehead atoms. The van der Waals surface area contributed by atoms with Crippen LogP contribution in [-0.2, 0) is 6.54 Å². The highest BCUT2D eigenvalue weighted by atomic mass is 127. The summed E-state index contributed by atoms with van der Waals surface area (Å²) in [7, 11) is 5.99. The SMILES string of the molecule is CN=C(NCc1ccc(OCCCN(C)C)cc1)NC1CCN(c2ccc(C)cc2)C1.I. The fourth-order valence-corrected chi connectivity index (χ4v) is 3.72. The molecular formula is C25H38IN5O. The topological polar surface area (TPSA) is 52.1 Å². The van der Waals surface area contributed by atoms with Gasteiger partial charge in [0.1, 0.15) is 5.75 Å². The number of rotatable bonds is 9. The number of guanidine groups is 1. The molecule has 1 heterocycles. The fourth-order valence-electron chi connectivity index (χ4n) is 3.72. The first-order chi connectivity index (χ1) is 15.0. The molecule has 2 N–H and O–H groups in total. The molecule has 1 aliphatic heterocycles. The number of nitrogens with one attached hydrogen (secondary N) is 2. The summed E-state index contributed by atoms with van der Waals surface area (Å²) in [6.07, 6.45) is 2.13. The highest BCUT2D eigenvalue weighted by Crippen LogP contribution is 2.20. The van der Waals surface area contributed by atoms with Crippen LogP contribution in [0.3, 0.4) is 0 Å². The van der Waals surface area contributed by atoms with Gasteiger partial charge in [-0.2, -0.15) is 0 Å². The van der Waals surface area contributed by atoms with Crippen LogP contribution in [0.4, 0.5) is 5.69 Å². The lowest BCUT2D eigenvalue weighted by Crippen LogP contribution is -2.44. The van der Waals surface area contributed by atoms with Crippen LogP contribution in [0.2, 0.25) is 0 Å². The molecule has 2 aromatic rings. The van der Waals surface area contributed by atoms with Crippen LogP contribution in [0.1, 0.15) is 24.0 Å². The van der Waals surface area contributed by atoms with E-state index in [1.54, 1.807) is 0 Å². The Morgan fingerprint density at radius 1 is 1.12 bits per heavy atom. The van der Waals surface area contributed by atoms with Crippen molar-refractivity contribution in [3.8, 4) is 5.75 Å². The van der Waals surface area contributed by atoms with Gasteiger partial charge < -0.3 is 25.2 Å². The second-order valence-electron chi connectivity index (χ2n) is 8.49. The van der Waals surface area contributed by atoms with Crippen LogP contribution in [-0.4, -0.2) is 64.3 Å². The van der Waals surface area contributed by atoms with Crippen molar-refractivity contribution in [3.05, 3.63) is 59.7 Å². The molecule has 1 aliphatic rings. The highest BCUT2D eigenvalue weighted by molar-refractivity contribution is 14.0. The summed E-state index contributed by atoms with van der Waals surface area (Å²) in [5, 5.41) is 7.00. The van der Waals surface area contributed by atoms with Gasteiger partial charge in [0.2, 0.25) is 0 Å². The Labute approximate surface area is 210 Å². The Balaban J connectivity index is 0.00000363. The Morgan fingerprint density at radius 2 is 1.84 bits per heavy atom. The molecule has 6 nitrogen and oxygen atoms in total. The van der Waals surface area contributed by atoms with E-state index in [-0.39, 0.29) is 24.0 Å². The first-order valence-electron chi connectivity index (χ1n) is 11.2. The average Bonchev–Trinajstić information content (AvgIpc) is 3.24. The maximum atomic E-state index is 5.81. The summed E-state index contributed by atoms with van der Waals surface area (Å²) in [5.74, 6) is 1.77. The number of aryl methyl sites for hydroxylation is 1. The predicted octanol–water partition coefficient (Wildman–Crippen LogP) is 3.89. The van der Waals surface area contributed by atoms with Gasteiger partial charge in [-0.1, -0.05) is 29.8 Å². The zero-order valence-corrected chi connectivity index (χ0v) is 22.1. The molecule has 7 heteroatoms. The zero-order chi connectivity index (χ0) is 22.1. The van der Waals surface area contributed by atoms with Gasteiger partial charge in [-0.25, -0.2) is 0 Å². The van der Waals surface area contributed by atoms with E-state index in [1.807, 2.05) is 19.2 Å². The second-order valence-corrected chi connectivity index (χ2v) is 8.49. The number of hydrogen-bond donors (Lipinski definition) is 2. The largest absolute Gasteiger partial charge is 0.494 e. The molecule has 1 fully saturated rings. The van der Waals surface area contributed by atoms with Crippen molar-refractivity contribution in [1.82, 2.24) is 15.5 Å². The summed E-state index contributed by atoms with van der Waals surface area (Å²) >= 11 is 0. The molecule has 32 heavy (non-hydrogen) atoms. The minimum absolute atomic E-state index is 0. The van der Waals surface area contributed by atoms with Gasteiger partial charge in [0.25, 0.3) is 0 Å². The minimum Gasteiger partial charge on any atom is -0.494 e. The lowest BCUT2D eigenvalue weighted by Gasteiger charge is -2.20. The van der Waals surface area contributed by atoms with E-state index < -0.39 is 0 Å². The molecule has 1 unspecified atom stereocenters. The van der Waals surface area contributed by atoms with Crippen LogP contribution < -0.4 is 20.3 Å². The number of nitrogens with zero attached hydrogens (tertiary/aromatic N) is 3. The summed E-state index contributed by atoms with van der Waals surface area (Å²) in [4.78, 5) is 9.01. The number of halogens is 1. The maximum absolute atomic E-state index is 5.81. The summed E-state index contributed by atoms with van der Waals surface area (Å²) < 4.78 is 5.81. The lowest BCUT2D eigenvalue weighted by atomic mass is 10.2. The van der Waals surface area contributed by atoms with E-state index in [4.69, 9.17) is 4.74 Å². The fraction of sp³-hybridized carbons (Fsp3) is 0.480. The zero-order valence-electron chi connectivity index (χ0n) is 19.8. The third-order valence-electron chi connectivity index (χ3n) is 5.55. The van der Waals surface area contributed by atoms with Gasteiger partial charge in [0, 0.05) is 45.0 Å². The molecule has 0 radical (unpaired) electrons. The smallest absolute Gasteiger partial charge is 0.191 e. The summed E-state index contributed by atoms with van der Waals surface area (Å²) in [6, 6.07) is 17.5. The van der Waals surface area contributed by atoms with Crippen molar-refractivity contribution >= 4 is 35.6 Å². The van der Waals surface area contributed by atoms with Crippen LogP contribution >= 0.6 is 24.0 Å². The van der Waals surface area contributed by atoms with E-state index in [9.17, 15) is 0 Å². The van der Waals surface area contributed by atoms with E-state index in [0.29, 0.717) is 6.04 Å². The van der Waals surface area contributed by atoms with Gasteiger partial charge in [0.15, 0.2) is 5.96 Å². The monoisotopic (exact) mass is 551 g/mol. The Hall–Kier alpha value is -2.00. The van der Waals surface area contributed by atoms with Gasteiger partial charge >= 0.3 is 0 Å². The van der Waals surface area contributed by atoms with Gasteiger partial charge in [-0.3, -0.25) is 4.99 Å². The van der Waals surface area contributed by atoms with Crippen LogP contribution in [0, 0.1) is 6.92 Å². The number of hydrogen-bond acceptors (Lipinski definition) is 4. The van der Waals surface area contributed by atoms with Crippen molar-refractivity contribution < 1.29 is 4.74 Å². The van der Waals surface area contributed by atoms with Crippen molar-refractivity contribution in [2.24, 2.45) is 4.99 Å². The molecule has 0 spiro atoms. The van der Waals surface area contributed by atoms with Crippen molar-refractivity contribution in [2.45, 2.75) is 32.4 Å². The van der Waals surface area contributed by atoms with Crippen LogP contribution in [0.25, 0.3) is 0 Å². The Kier molecular flexibility index (Phi) is 11.1. The van der Waals surface area contributed by atoms with Crippen molar-refractivity contribution in [2.75, 3.05) is 52.3 Å². The maximum Gasteiger partial charge on any atom is 0.191 e. The van der Waals surface area contributed by atoms with E-state index in [1.165, 1.54) is 16.8 Å². The third-order valence-corrected chi connectivity index (χ3v) is 5.55. The van der Waals surface area contributed by atoms with Crippen molar-refractivity contribution in [1.29, 1.82) is 0 Å². The molecular weight excluding hydrogens is 513 g/mol. The molecule has 1 saturated heterocycles. The molecule has 0 aliphatic carbocycles. The second kappa shape index (κ2) is 13.5. The molecule has 1 atom stereocenters. The molecule has 0 saturated carbocycles. The standard InChI is InChI=1S/C25H37N5O.HI/c1-20-6-10-23(11-7-20)30-16-14-22(19-30)28-25(26-2)27-18-21-8-12-24(13-9-21)31-17-5-15-29(3)4;/h6-13,22H,5,14-19H2,1-4H3,(H2,26,27,28);1H. The highest BCUT2D eigenvalue weighted by Gasteiger charge is 2.23. The molecule has 0 amide bonds. The minimum atomic E-state index is 0. The quantitative estimate of drug-likeness (QED) is 0.215. The lowest BCUT2D eigenvalue weighted by molar-refractivity contribution is 0.281. The van der Waals surface area contributed by atoms with E-state index in [0.717, 1.165) is 57.3 Å². The summed E-state index contributed by atoms with van der Waals surface area (Å²) in [5.41, 5.74) is 3.80. The Bertz CT molecular complexity index is 823. The van der Waals surface area contributed by atoms with Crippen LogP contribution in [0.15, 0.2) is 53.5 Å². The van der Waals surface area contributed by atoms with Gasteiger partial charge in [-0.15, -0.1) is 24.0 Å². The molecule has 2 aromatic carbocycles. The molecule has 3 rings (SSSR count). The number of anilines is 1. The number of aliphatic imine (C=N–C) groups is 1. The third kappa shape index (κ3) is 8.50. The summed E-state index contributed by atoms with van der Waals surface area (Å²) in [6.45, 7) is 6.69. The van der Waals surface area contributed by atoms with Crippen LogP contribution in [0.5, 0.6) is 5.75 Å². The molecule has 0 aromatic heterocycles. The predicted molar refractivity (Wildman–Crippen MR) is 146 cm³/mol. The first kappa shape index (κ1) is 26.3. The van der Waals surface area contributed by atoms with Gasteiger partial charge in [-0.05, 0) is 63.7 Å². The average molecular weight is 552 g/mol. The number of benzene rings is 2. The normalized spacial score (nSPS) is 16.1. The van der Waals surface area contributed by atoms with Crippen molar-refractivity contribution in [3.63, 3.8) is 0 Å². The van der Waals surface area contributed by atoms with E-state index >= 15 is 0 Å². The molecule has 176 valence electrons. The van der Waals surface area contributed by atoms with E-state index in [2.05, 4.69) is 82.8 Å². The Morgan fingerprint density at radius 3 is 2.50 bits per heavy atom. The van der Waals surface area contributed by atoms with Gasteiger partial charge in [0.05, 0.1) is 6.61 Å². The first-order valence-corrected chi connectivity index (χ1v) is 11.2.